The molecule has 0 aliphatic rings. The number of ether oxygens (including phenoxy) is 1. The molecule has 88 valence electrons. The Bertz CT molecular complexity index is 377. The molecule has 0 spiro atoms. The monoisotopic (exact) mass is 242 g/mol. The van der Waals surface area contributed by atoms with Gasteiger partial charge in [-0.3, -0.25) is 4.79 Å². The minimum Gasteiger partial charge on any atom is -0.466 e. The molecular formula is C12H15ClO3. The molecule has 0 amide bonds. The zero-order chi connectivity index (χ0) is 12.1. The lowest BCUT2D eigenvalue weighted by molar-refractivity contribution is -0.145. The van der Waals surface area contributed by atoms with Crippen molar-refractivity contribution in [2.75, 3.05) is 6.61 Å². The van der Waals surface area contributed by atoms with E-state index in [0.29, 0.717) is 17.2 Å². The number of hydrogen-bond acceptors (Lipinski definition) is 3. The summed E-state index contributed by atoms with van der Waals surface area (Å²) in [5, 5.41) is 10.5. The SMILES string of the molecule is CCOC(=O)CC(O)c1ccc(Cl)cc1C. The average molecular weight is 243 g/mol. The Labute approximate surface area is 100.0 Å². The van der Waals surface area contributed by atoms with E-state index in [1.165, 1.54) is 0 Å². The molecule has 1 aromatic rings. The zero-order valence-corrected chi connectivity index (χ0v) is 10.1. The quantitative estimate of drug-likeness (QED) is 0.826. The van der Waals surface area contributed by atoms with Crippen molar-refractivity contribution in [2.24, 2.45) is 0 Å². The molecule has 0 fully saturated rings. The molecule has 16 heavy (non-hydrogen) atoms. The number of aliphatic hydroxyl groups excluding tert-OH is 1. The minimum atomic E-state index is -0.837. The maximum absolute atomic E-state index is 11.2. The normalized spacial score (nSPS) is 12.2. The molecule has 0 radical (unpaired) electrons. The van der Waals surface area contributed by atoms with Gasteiger partial charge in [-0.05, 0) is 37.1 Å². The zero-order valence-electron chi connectivity index (χ0n) is 9.37. The molecule has 1 rings (SSSR count). The fourth-order valence-corrected chi connectivity index (χ4v) is 1.73. The van der Waals surface area contributed by atoms with Crippen molar-refractivity contribution >= 4 is 17.6 Å². The number of carbonyl (C=O) groups is 1. The van der Waals surface area contributed by atoms with Gasteiger partial charge in [0.1, 0.15) is 0 Å². The number of rotatable bonds is 4. The highest BCUT2D eigenvalue weighted by atomic mass is 35.5. The first kappa shape index (κ1) is 13.0. The van der Waals surface area contributed by atoms with E-state index in [2.05, 4.69) is 0 Å². The highest BCUT2D eigenvalue weighted by molar-refractivity contribution is 6.30. The van der Waals surface area contributed by atoms with E-state index >= 15 is 0 Å². The van der Waals surface area contributed by atoms with Gasteiger partial charge in [-0.25, -0.2) is 0 Å². The van der Waals surface area contributed by atoms with E-state index in [-0.39, 0.29) is 6.42 Å². The second-order valence-electron chi connectivity index (χ2n) is 3.53. The standard InChI is InChI=1S/C12H15ClO3/c1-3-16-12(15)7-11(14)10-5-4-9(13)6-8(10)2/h4-6,11,14H,3,7H2,1-2H3. The van der Waals surface area contributed by atoms with Crippen LogP contribution in [-0.2, 0) is 9.53 Å². The molecule has 1 unspecified atom stereocenters. The largest absolute Gasteiger partial charge is 0.466 e. The molecule has 0 saturated heterocycles. The summed E-state index contributed by atoms with van der Waals surface area (Å²) in [6, 6.07) is 5.17. The van der Waals surface area contributed by atoms with Crippen LogP contribution < -0.4 is 0 Å². The highest BCUT2D eigenvalue weighted by Gasteiger charge is 2.15. The predicted molar refractivity (Wildman–Crippen MR) is 62.4 cm³/mol. The van der Waals surface area contributed by atoms with Gasteiger partial charge in [0.15, 0.2) is 0 Å². The van der Waals surface area contributed by atoms with Crippen molar-refractivity contribution in [3.8, 4) is 0 Å². The van der Waals surface area contributed by atoms with Gasteiger partial charge >= 0.3 is 5.97 Å². The first-order valence-corrected chi connectivity index (χ1v) is 5.52. The Balaban J connectivity index is 2.72. The van der Waals surface area contributed by atoms with E-state index in [1.54, 1.807) is 25.1 Å². The molecule has 1 aromatic carbocycles. The number of carbonyl (C=O) groups excluding carboxylic acids is 1. The molecule has 1 N–H and O–H groups in total. The lowest BCUT2D eigenvalue weighted by atomic mass is 10.0. The van der Waals surface area contributed by atoms with Crippen LogP contribution in [0.25, 0.3) is 0 Å². The third-order valence-electron chi connectivity index (χ3n) is 2.26. The molecule has 0 bridgehead atoms. The fraction of sp³-hybridized carbons (Fsp3) is 0.417. The number of benzene rings is 1. The summed E-state index contributed by atoms with van der Waals surface area (Å²) in [6.45, 7) is 3.90. The second kappa shape index (κ2) is 5.87. The van der Waals surface area contributed by atoms with Crippen LogP contribution in [-0.4, -0.2) is 17.7 Å². The summed E-state index contributed by atoms with van der Waals surface area (Å²) in [7, 11) is 0. The van der Waals surface area contributed by atoms with Gasteiger partial charge in [-0.2, -0.15) is 0 Å². The number of halogens is 1. The number of hydrogen-bond donors (Lipinski definition) is 1. The Morgan fingerprint density at radius 1 is 1.56 bits per heavy atom. The summed E-state index contributed by atoms with van der Waals surface area (Å²) in [5.74, 6) is -0.399. The summed E-state index contributed by atoms with van der Waals surface area (Å²) in [4.78, 5) is 11.2. The van der Waals surface area contributed by atoms with Gasteiger partial charge in [0.2, 0.25) is 0 Å². The van der Waals surface area contributed by atoms with Crippen molar-refractivity contribution in [1.82, 2.24) is 0 Å². The lowest BCUT2D eigenvalue weighted by Crippen LogP contribution is -2.10. The van der Waals surface area contributed by atoms with Crippen LogP contribution in [0.15, 0.2) is 18.2 Å². The number of aryl methyl sites for hydroxylation is 1. The van der Waals surface area contributed by atoms with Crippen LogP contribution in [0.3, 0.4) is 0 Å². The summed E-state index contributed by atoms with van der Waals surface area (Å²) >= 11 is 5.80. The van der Waals surface area contributed by atoms with Gasteiger partial charge in [-0.1, -0.05) is 17.7 Å². The molecule has 0 saturated carbocycles. The van der Waals surface area contributed by atoms with Gasteiger partial charge in [0.05, 0.1) is 19.1 Å². The van der Waals surface area contributed by atoms with Crippen molar-refractivity contribution in [2.45, 2.75) is 26.4 Å². The van der Waals surface area contributed by atoms with Gasteiger partial charge in [0.25, 0.3) is 0 Å². The third kappa shape index (κ3) is 3.51. The van der Waals surface area contributed by atoms with Crippen LogP contribution in [0.5, 0.6) is 0 Å². The predicted octanol–water partition coefficient (Wildman–Crippen LogP) is 2.64. The van der Waals surface area contributed by atoms with Crippen LogP contribution in [0.4, 0.5) is 0 Å². The van der Waals surface area contributed by atoms with Crippen LogP contribution >= 0.6 is 11.6 Å². The van der Waals surface area contributed by atoms with Gasteiger partial charge in [-0.15, -0.1) is 0 Å². The van der Waals surface area contributed by atoms with E-state index in [0.717, 1.165) is 5.56 Å². The minimum absolute atomic E-state index is 0.0314. The van der Waals surface area contributed by atoms with Crippen molar-refractivity contribution in [1.29, 1.82) is 0 Å². The maximum Gasteiger partial charge on any atom is 0.308 e. The molecule has 0 heterocycles. The van der Waals surface area contributed by atoms with Crippen LogP contribution in [0.2, 0.25) is 5.02 Å². The Morgan fingerprint density at radius 3 is 2.81 bits per heavy atom. The Kier molecular flexibility index (Phi) is 4.77. The third-order valence-corrected chi connectivity index (χ3v) is 2.49. The number of esters is 1. The molecule has 0 aliphatic carbocycles. The molecule has 4 heteroatoms. The topological polar surface area (TPSA) is 46.5 Å². The Hall–Kier alpha value is -1.06. The van der Waals surface area contributed by atoms with E-state index in [4.69, 9.17) is 16.3 Å². The first-order chi connectivity index (χ1) is 7.54. The van der Waals surface area contributed by atoms with E-state index in [9.17, 15) is 9.90 Å². The molecule has 0 aromatic heterocycles. The smallest absolute Gasteiger partial charge is 0.308 e. The molecule has 3 nitrogen and oxygen atoms in total. The van der Waals surface area contributed by atoms with Crippen molar-refractivity contribution < 1.29 is 14.6 Å². The average Bonchev–Trinajstić information content (AvgIpc) is 2.17. The fourth-order valence-electron chi connectivity index (χ4n) is 1.50. The Morgan fingerprint density at radius 2 is 2.25 bits per heavy atom. The van der Waals surface area contributed by atoms with E-state index in [1.807, 2.05) is 6.92 Å². The highest BCUT2D eigenvalue weighted by Crippen LogP contribution is 2.23. The van der Waals surface area contributed by atoms with Gasteiger partial charge in [0, 0.05) is 5.02 Å². The van der Waals surface area contributed by atoms with Gasteiger partial charge < -0.3 is 9.84 Å². The summed E-state index contributed by atoms with van der Waals surface area (Å²) < 4.78 is 4.77. The van der Waals surface area contributed by atoms with Crippen LogP contribution in [0.1, 0.15) is 30.6 Å². The summed E-state index contributed by atoms with van der Waals surface area (Å²) in [6.07, 6.45) is -0.868. The van der Waals surface area contributed by atoms with Crippen molar-refractivity contribution in [3.63, 3.8) is 0 Å². The lowest BCUT2D eigenvalue weighted by Gasteiger charge is -2.13. The summed E-state index contributed by atoms with van der Waals surface area (Å²) in [5.41, 5.74) is 1.57. The second-order valence-corrected chi connectivity index (χ2v) is 3.96. The van der Waals surface area contributed by atoms with Crippen LogP contribution in [0, 0.1) is 6.92 Å². The number of aliphatic hydroxyl groups is 1. The molecule has 1 atom stereocenters. The molecular weight excluding hydrogens is 228 g/mol. The maximum atomic E-state index is 11.2. The van der Waals surface area contributed by atoms with Crippen molar-refractivity contribution in [3.05, 3.63) is 34.3 Å². The molecule has 0 aliphatic heterocycles. The van der Waals surface area contributed by atoms with E-state index < -0.39 is 12.1 Å². The first-order valence-electron chi connectivity index (χ1n) is 5.14.